The second-order valence-corrected chi connectivity index (χ2v) is 8.81. The highest BCUT2D eigenvalue weighted by Gasteiger charge is 2.27. The molecular weight excluding hydrogens is 215 g/mol. The second-order valence-electron chi connectivity index (χ2n) is 5.47. The molecule has 0 aliphatic heterocycles. The Balaban J connectivity index is 2.80. The first kappa shape index (κ1) is 13.4. The number of nitrogens with one attached hydrogen (secondary N) is 1. The molecule has 1 aromatic rings. The zero-order valence-electron chi connectivity index (χ0n) is 11.2. The number of hydrogen-bond donors (Lipinski definition) is 1. The summed E-state index contributed by atoms with van der Waals surface area (Å²) in [4.78, 5) is 4.42. The molecule has 1 rings (SSSR count). The summed E-state index contributed by atoms with van der Waals surface area (Å²) in [5, 5.41) is 3.90. The number of pyridine rings is 1. The van der Waals surface area contributed by atoms with Crippen LogP contribution >= 0.6 is 8.07 Å². The fourth-order valence-corrected chi connectivity index (χ4v) is 4.25. The Morgan fingerprint density at radius 1 is 1.25 bits per heavy atom. The zero-order chi connectivity index (χ0) is 12.3. The van der Waals surface area contributed by atoms with Crippen LogP contribution in [0.3, 0.4) is 0 Å². The summed E-state index contributed by atoms with van der Waals surface area (Å²) in [5.41, 5.74) is 1.85. The van der Waals surface area contributed by atoms with Gasteiger partial charge in [0.1, 0.15) is 5.82 Å². The fourth-order valence-electron chi connectivity index (χ4n) is 1.73. The van der Waals surface area contributed by atoms with E-state index in [9.17, 15) is 0 Å². The minimum atomic E-state index is -0.259. The summed E-state index contributed by atoms with van der Waals surface area (Å²) >= 11 is 0. The Labute approximate surface area is 101 Å². The predicted octanol–water partition coefficient (Wildman–Crippen LogP) is 4.41. The van der Waals surface area contributed by atoms with Crippen molar-refractivity contribution in [2.75, 3.05) is 5.09 Å². The van der Waals surface area contributed by atoms with Crippen molar-refractivity contribution in [2.45, 2.75) is 52.4 Å². The van der Waals surface area contributed by atoms with Crippen LogP contribution in [0.4, 0.5) is 5.82 Å². The van der Waals surface area contributed by atoms with Crippen LogP contribution in [0.1, 0.15) is 40.2 Å². The van der Waals surface area contributed by atoms with E-state index >= 15 is 0 Å². The van der Waals surface area contributed by atoms with Gasteiger partial charge in [0.25, 0.3) is 0 Å². The molecule has 0 bridgehead atoms. The summed E-state index contributed by atoms with van der Waals surface area (Å²) in [6, 6.07) is 4.17. The average molecular weight is 238 g/mol. The molecular formula is C13H23N2P. The van der Waals surface area contributed by atoms with Crippen molar-refractivity contribution in [3.63, 3.8) is 0 Å². The molecule has 1 aromatic heterocycles. The lowest BCUT2D eigenvalue weighted by Crippen LogP contribution is -2.21. The topological polar surface area (TPSA) is 24.9 Å². The van der Waals surface area contributed by atoms with Gasteiger partial charge in [-0.25, -0.2) is 4.98 Å². The highest BCUT2D eigenvalue weighted by Crippen LogP contribution is 2.52. The maximum Gasteiger partial charge on any atom is 0.129 e. The van der Waals surface area contributed by atoms with Crippen molar-refractivity contribution in [2.24, 2.45) is 0 Å². The zero-order valence-corrected chi connectivity index (χ0v) is 12.1. The van der Waals surface area contributed by atoms with Crippen molar-refractivity contribution in [1.29, 1.82) is 0 Å². The molecule has 1 heterocycles. The maximum atomic E-state index is 4.42. The van der Waals surface area contributed by atoms with E-state index in [0.29, 0.717) is 10.8 Å². The molecule has 0 aromatic carbocycles. The number of nitrogens with zero attached hydrogens (tertiary/aromatic N) is 1. The molecule has 2 nitrogen and oxygen atoms in total. The molecule has 0 fully saturated rings. The van der Waals surface area contributed by atoms with Crippen LogP contribution in [0.25, 0.3) is 0 Å². The van der Waals surface area contributed by atoms with E-state index < -0.39 is 0 Å². The molecule has 0 unspecified atom stereocenters. The van der Waals surface area contributed by atoms with Crippen LogP contribution in [-0.4, -0.2) is 15.8 Å². The average Bonchev–Trinajstić information content (AvgIpc) is 2.14. The standard InChI is InChI=1S/C13H23N2P/c1-10(2)16(13(4,5)6)15-12-8-7-11(3)9-14-12/h7-10H,1-6H3,(H,14,15)/t16-/m0/s1. The molecule has 0 saturated carbocycles. The van der Waals surface area contributed by atoms with E-state index in [0.717, 1.165) is 5.82 Å². The lowest BCUT2D eigenvalue weighted by molar-refractivity contribution is 0.772. The summed E-state index contributed by atoms with van der Waals surface area (Å²) in [6.07, 6.45) is 1.92. The van der Waals surface area contributed by atoms with Crippen LogP contribution in [0.2, 0.25) is 0 Å². The van der Waals surface area contributed by atoms with Gasteiger partial charge in [0.05, 0.1) is 0 Å². The lowest BCUT2D eigenvalue weighted by atomic mass is 10.3. The highest BCUT2D eigenvalue weighted by atomic mass is 31.1. The molecule has 90 valence electrons. The third kappa shape index (κ3) is 3.75. The normalized spacial score (nSPS) is 13.9. The highest BCUT2D eigenvalue weighted by molar-refractivity contribution is 7.61. The largest absolute Gasteiger partial charge is 0.348 e. The Morgan fingerprint density at radius 2 is 1.88 bits per heavy atom. The van der Waals surface area contributed by atoms with Crippen molar-refractivity contribution in [3.05, 3.63) is 23.9 Å². The third-order valence-electron chi connectivity index (χ3n) is 2.39. The van der Waals surface area contributed by atoms with Gasteiger partial charge in [-0.1, -0.05) is 40.7 Å². The van der Waals surface area contributed by atoms with E-state index in [1.54, 1.807) is 0 Å². The summed E-state index contributed by atoms with van der Waals surface area (Å²) in [6.45, 7) is 13.5. The van der Waals surface area contributed by atoms with Crippen molar-refractivity contribution in [1.82, 2.24) is 4.98 Å². The molecule has 1 atom stereocenters. The monoisotopic (exact) mass is 238 g/mol. The Kier molecular flexibility index (Phi) is 4.32. The predicted molar refractivity (Wildman–Crippen MR) is 74.4 cm³/mol. The lowest BCUT2D eigenvalue weighted by Gasteiger charge is -2.35. The number of anilines is 1. The van der Waals surface area contributed by atoms with Gasteiger partial charge in [0.2, 0.25) is 0 Å². The van der Waals surface area contributed by atoms with E-state index in [-0.39, 0.29) is 8.07 Å². The number of hydrogen-bond acceptors (Lipinski definition) is 2. The number of rotatable bonds is 3. The van der Waals surface area contributed by atoms with Gasteiger partial charge in [-0.05, 0) is 32.3 Å². The van der Waals surface area contributed by atoms with Gasteiger partial charge >= 0.3 is 0 Å². The quantitative estimate of drug-likeness (QED) is 0.789. The minimum absolute atomic E-state index is 0.259. The molecule has 3 heteroatoms. The maximum absolute atomic E-state index is 4.42. The van der Waals surface area contributed by atoms with Gasteiger partial charge in [-0.3, -0.25) is 0 Å². The van der Waals surface area contributed by atoms with Gasteiger partial charge in [0.15, 0.2) is 0 Å². The van der Waals surface area contributed by atoms with Crippen LogP contribution in [0.5, 0.6) is 0 Å². The van der Waals surface area contributed by atoms with Crippen LogP contribution < -0.4 is 5.09 Å². The van der Waals surface area contributed by atoms with E-state index in [1.165, 1.54) is 5.56 Å². The minimum Gasteiger partial charge on any atom is -0.348 e. The number of aromatic nitrogens is 1. The van der Waals surface area contributed by atoms with Gasteiger partial charge in [-0.2, -0.15) is 0 Å². The van der Waals surface area contributed by atoms with Gasteiger partial charge in [0, 0.05) is 11.4 Å². The molecule has 0 aliphatic carbocycles. The smallest absolute Gasteiger partial charge is 0.129 e. The van der Waals surface area contributed by atoms with Crippen molar-refractivity contribution >= 4 is 13.9 Å². The van der Waals surface area contributed by atoms with E-state index in [4.69, 9.17) is 0 Å². The molecule has 0 radical (unpaired) electrons. The first-order chi connectivity index (χ1) is 7.30. The Hall–Kier alpha value is -0.620. The van der Waals surface area contributed by atoms with Crippen LogP contribution in [0, 0.1) is 6.92 Å². The Bertz CT molecular complexity index is 325. The molecule has 0 saturated heterocycles. The Morgan fingerprint density at radius 3 is 2.25 bits per heavy atom. The summed E-state index contributed by atoms with van der Waals surface area (Å²) in [7, 11) is -0.259. The van der Waals surface area contributed by atoms with Gasteiger partial charge in [-0.15, -0.1) is 0 Å². The first-order valence-corrected chi connectivity index (χ1v) is 7.20. The fraction of sp³-hybridized carbons (Fsp3) is 0.615. The SMILES string of the molecule is Cc1ccc(N[P@@](C(C)C)C(C)(C)C)nc1. The molecule has 1 N–H and O–H groups in total. The first-order valence-electron chi connectivity index (χ1n) is 5.79. The number of aryl methyl sites for hydroxylation is 1. The van der Waals surface area contributed by atoms with E-state index in [1.807, 2.05) is 6.20 Å². The molecule has 0 aliphatic rings. The molecule has 0 spiro atoms. The van der Waals surface area contributed by atoms with E-state index in [2.05, 4.69) is 63.7 Å². The van der Waals surface area contributed by atoms with Crippen LogP contribution in [-0.2, 0) is 0 Å². The summed E-state index contributed by atoms with van der Waals surface area (Å²) in [5.74, 6) is 1.00. The van der Waals surface area contributed by atoms with Gasteiger partial charge < -0.3 is 5.09 Å². The summed E-state index contributed by atoms with van der Waals surface area (Å²) < 4.78 is 0. The van der Waals surface area contributed by atoms with Crippen molar-refractivity contribution in [3.8, 4) is 0 Å². The van der Waals surface area contributed by atoms with Crippen LogP contribution in [0.15, 0.2) is 18.3 Å². The second kappa shape index (κ2) is 5.14. The van der Waals surface area contributed by atoms with Crippen molar-refractivity contribution < 1.29 is 0 Å². The molecule has 16 heavy (non-hydrogen) atoms. The third-order valence-corrected chi connectivity index (χ3v) is 5.33. The molecule has 0 amide bonds.